The second kappa shape index (κ2) is 5.81. The van der Waals surface area contributed by atoms with Crippen LogP contribution in [-0.2, 0) is 11.3 Å². The summed E-state index contributed by atoms with van der Waals surface area (Å²) in [5.41, 5.74) is 4.20. The summed E-state index contributed by atoms with van der Waals surface area (Å²) in [5.74, 6) is 0.401. The van der Waals surface area contributed by atoms with Crippen LogP contribution in [0.2, 0.25) is 5.02 Å². The number of hydrogen-bond acceptors (Lipinski definition) is 1. The number of benzene rings is 2. The van der Waals surface area contributed by atoms with Crippen molar-refractivity contribution >= 4 is 51.3 Å². The summed E-state index contributed by atoms with van der Waals surface area (Å²) in [4.78, 5) is 14.7. The van der Waals surface area contributed by atoms with Crippen molar-refractivity contribution in [2.24, 2.45) is 5.92 Å². The van der Waals surface area contributed by atoms with Gasteiger partial charge >= 0.3 is 0 Å². The van der Waals surface area contributed by atoms with Crippen LogP contribution in [0.1, 0.15) is 29.5 Å². The second-order valence-electron chi connectivity index (χ2n) is 6.08. The fourth-order valence-electron chi connectivity index (χ4n) is 2.95. The molecule has 23 heavy (non-hydrogen) atoms. The molecule has 2 nitrogen and oxygen atoms in total. The highest BCUT2D eigenvalue weighted by Gasteiger charge is 2.35. The minimum absolute atomic E-state index is 0.181. The van der Waals surface area contributed by atoms with E-state index in [-0.39, 0.29) is 11.8 Å². The zero-order valence-electron chi connectivity index (χ0n) is 12.4. The summed E-state index contributed by atoms with van der Waals surface area (Å²) in [7, 11) is 0. The molecule has 0 bridgehead atoms. The highest BCUT2D eigenvalue weighted by atomic mass is 79.9. The summed E-state index contributed by atoms with van der Waals surface area (Å²) < 4.78 is 1.04. The zero-order valence-corrected chi connectivity index (χ0v) is 14.8. The first kappa shape index (κ1) is 15.0. The number of rotatable bonds is 1. The SMILES string of the molecule is O=C(C1CC1)N1Cc2ccc(Br)cc2/C=C\c2cc(Cl)ccc21. The molecule has 4 rings (SSSR count). The first-order valence-electron chi connectivity index (χ1n) is 7.69. The maximum absolute atomic E-state index is 12.8. The minimum atomic E-state index is 0.181. The number of carbonyl (C=O) groups is 1. The molecule has 0 radical (unpaired) electrons. The van der Waals surface area contributed by atoms with Crippen molar-refractivity contribution in [2.75, 3.05) is 4.90 Å². The van der Waals surface area contributed by atoms with Crippen LogP contribution in [0.15, 0.2) is 40.9 Å². The lowest BCUT2D eigenvalue weighted by atomic mass is 10.0. The van der Waals surface area contributed by atoms with Gasteiger partial charge in [0, 0.05) is 15.4 Å². The predicted octanol–water partition coefficient (Wildman–Crippen LogP) is 5.53. The Bertz CT molecular complexity index is 826. The molecule has 0 unspecified atom stereocenters. The van der Waals surface area contributed by atoms with E-state index >= 15 is 0 Å². The van der Waals surface area contributed by atoms with Crippen molar-refractivity contribution in [3.63, 3.8) is 0 Å². The van der Waals surface area contributed by atoms with Crippen molar-refractivity contribution in [1.82, 2.24) is 0 Å². The predicted molar refractivity (Wildman–Crippen MR) is 98.4 cm³/mol. The van der Waals surface area contributed by atoms with Gasteiger partial charge in [0.15, 0.2) is 0 Å². The van der Waals surface area contributed by atoms with Crippen molar-refractivity contribution in [2.45, 2.75) is 19.4 Å². The minimum Gasteiger partial charge on any atom is -0.307 e. The highest BCUT2D eigenvalue weighted by molar-refractivity contribution is 9.10. The topological polar surface area (TPSA) is 20.3 Å². The van der Waals surface area contributed by atoms with E-state index in [4.69, 9.17) is 11.6 Å². The molecule has 2 aromatic rings. The van der Waals surface area contributed by atoms with Crippen LogP contribution in [-0.4, -0.2) is 5.91 Å². The van der Waals surface area contributed by atoms with Crippen molar-refractivity contribution in [1.29, 1.82) is 0 Å². The zero-order chi connectivity index (χ0) is 16.0. The van der Waals surface area contributed by atoms with Gasteiger partial charge in [0.2, 0.25) is 5.91 Å². The molecule has 0 N–H and O–H groups in total. The number of halogens is 2. The van der Waals surface area contributed by atoms with Crippen LogP contribution in [0.4, 0.5) is 5.69 Å². The van der Waals surface area contributed by atoms with Gasteiger partial charge in [-0.15, -0.1) is 0 Å². The molecule has 1 saturated carbocycles. The monoisotopic (exact) mass is 387 g/mol. The van der Waals surface area contributed by atoms with Crippen LogP contribution in [0.5, 0.6) is 0 Å². The molecule has 1 aliphatic heterocycles. The summed E-state index contributed by atoms with van der Waals surface area (Å²) >= 11 is 9.67. The summed E-state index contributed by atoms with van der Waals surface area (Å²) in [6, 6.07) is 11.9. The molecule has 0 aromatic heterocycles. The van der Waals surface area contributed by atoms with E-state index in [9.17, 15) is 4.79 Å². The van der Waals surface area contributed by atoms with Gasteiger partial charge in [0.25, 0.3) is 0 Å². The molecular formula is C19H15BrClNO. The summed E-state index contributed by atoms with van der Waals surface area (Å²) in [6.45, 7) is 0.594. The van der Waals surface area contributed by atoms with E-state index in [1.54, 1.807) is 0 Å². The Kier molecular flexibility index (Phi) is 3.78. The van der Waals surface area contributed by atoms with E-state index in [0.29, 0.717) is 11.6 Å². The first-order valence-corrected chi connectivity index (χ1v) is 8.86. The summed E-state index contributed by atoms with van der Waals surface area (Å²) in [5, 5.41) is 0.683. The normalized spacial score (nSPS) is 17.7. The van der Waals surface area contributed by atoms with Gasteiger partial charge in [-0.25, -0.2) is 0 Å². The van der Waals surface area contributed by atoms with E-state index in [2.05, 4.69) is 34.1 Å². The molecule has 1 heterocycles. The van der Waals surface area contributed by atoms with Gasteiger partial charge in [-0.2, -0.15) is 0 Å². The smallest absolute Gasteiger partial charge is 0.230 e. The van der Waals surface area contributed by atoms with E-state index in [0.717, 1.165) is 39.7 Å². The maximum Gasteiger partial charge on any atom is 0.230 e. The Hall–Kier alpha value is -1.58. The standard InChI is InChI=1S/C19H15BrClNO/c20-16-6-5-15-11-22(19(23)12-1-2-12)18-8-7-17(21)10-14(18)4-3-13(15)9-16/h3-10,12H,1-2,11H2/b4-3-. The Balaban J connectivity index is 1.87. The molecular weight excluding hydrogens is 374 g/mol. The van der Waals surface area contributed by atoms with Crippen LogP contribution in [0.25, 0.3) is 12.2 Å². The Morgan fingerprint density at radius 2 is 1.87 bits per heavy atom. The molecule has 2 aromatic carbocycles. The van der Waals surface area contributed by atoms with Crippen molar-refractivity contribution in [3.8, 4) is 0 Å². The molecule has 0 spiro atoms. The van der Waals surface area contributed by atoms with Gasteiger partial charge in [-0.05, 0) is 59.9 Å². The third kappa shape index (κ3) is 2.96. The number of nitrogens with zero attached hydrogens (tertiary/aromatic N) is 1. The molecule has 0 atom stereocenters. The van der Waals surface area contributed by atoms with E-state index in [1.165, 1.54) is 0 Å². The van der Waals surface area contributed by atoms with Crippen LogP contribution < -0.4 is 4.90 Å². The molecule has 1 amide bonds. The van der Waals surface area contributed by atoms with Gasteiger partial charge in [-0.3, -0.25) is 4.79 Å². The first-order chi connectivity index (χ1) is 11.1. The number of amides is 1. The van der Waals surface area contributed by atoms with Gasteiger partial charge in [-0.1, -0.05) is 45.7 Å². The Morgan fingerprint density at radius 1 is 1.09 bits per heavy atom. The molecule has 1 fully saturated rings. The molecule has 116 valence electrons. The van der Waals surface area contributed by atoms with E-state index in [1.807, 2.05) is 35.2 Å². The lowest BCUT2D eigenvalue weighted by Crippen LogP contribution is -2.32. The Morgan fingerprint density at radius 3 is 2.65 bits per heavy atom. The molecule has 1 aliphatic carbocycles. The number of carbonyl (C=O) groups excluding carboxylic acids is 1. The van der Waals surface area contributed by atoms with Crippen LogP contribution in [0.3, 0.4) is 0 Å². The van der Waals surface area contributed by atoms with Gasteiger partial charge in [0.05, 0.1) is 12.2 Å². The Labute approximate surface area is 148 Å². The lowest BCUT2D eigenvalue weighted by molar-refractivity contribution is -0.119. The third-order valence-corrected chi connectivity index (χ3v) is 5.08. The average molecular weight is 389 g/mol. The van der Waals surface area contributed by atoms with Crippen LogP contribution >= 0.6 is 27.5 Å². The molecule has 4 heteroatoms. The van der Waals surface area contributed by atoms with E-state index < -0.39 is 0 Å². The van der Waals surface area contributed by atoms with Crippen molar-refractivity contribution < 1.29 is 4.79 Å². The number of anilines is 1. The number of fused-ring (bicyclic) bond motifs is 2. The number of hydrogen-bond donors (Lipinski definition) is 0. The highest BCUT2D eigenvalue weighted by Crippen LogP contribution is 2.37. The second-order valence-corrected chi connectivity index (χ2v) is 7.43. The third-order valence-electron chi connectivity index (χ3n) is 4.35. The molecule has 0 saturated heterocycles. The lowest BCUT2D eigenvalue weighted by Gasteiger charge is -2.27. The molecule has 2 aliphatic rings. The summed E-state index contributed by atoms with van der Waals surface area (Å²) in [6.07, 6.45) is 6.13. The average Bonchev–Trinajstić information content (AvgIpc) is 3.35. The maximum atomic E-state index is 12.8. The largest absolute Gasteiger partial charge is 0.307 e. The van der Waals surface area contributed by atoms with Gasteiger partial charge < -0.3 is 4.90 Å². The van der Waals surface area contributed by atoms with Crippen molar-refractivity contribution in [3.05, 3.63) is 62.6 Å². The fourth-order valence-corrected chi connectivity index (χ4v) is 3.51. The quantitative estimate of drug-likeness (QED) is 0.629. The van der Waals surface area contributed by atoms with Gasteiger partial charge in [0.1, 0.15) is 0 Å². The fraction of sp³-hybridized carbons (Fsp3) is 0.211. The van der Waals surface area contributed by atoms with Crippen LogP contribution in [0, 0.1) is 5.92 Å².